The number of nitrogens with one attached hydrogen (secondary N) is 1. The van der Waals surface area contributed by atoms with Crippen molar-refractivity contribution in [1.82, 2.24) is 5.32 Å². The lowest BCUT2D eigenvalue weighted by Crippen LogP contribution is -2.35. The molecular formula is C12H16INO2. The fourth-order valence-corrected chi connectivity index (χ4v) is 1.46. The van der Waals surface area contributed by atoms with E-state index in [0.717, 1.165) is 15.7 Å². The summed E-state index contributed by atoms with van der Waals surface area (Å²) in [6.45, 7) is 4.08. The molecular weight excluding hydrogens is 317 g/mol. The maximum atomic E-state index is 11.4. The Hall–Kier alpha value is -0.780. The first-order valence-corrected chi connectivity index (χ1v) is 6.37. The molecule has 3 nitrogen and oxygen atoms in total. The predicted molar refractivity (Wildman–Crippen MR) is 72.5 cm³/mol. The van der Waals surface area contributed by atoms with Crippen LogP contribution in [0.2, 0.25) is 0 Å². The molecule has 88 valence electrons. The van der Waals surface area contributed by atoms with Gasteiger partial charge in [-0.25, -0.2) is 0 Å². The number of amides is 1. The van der Waals surface area contributed by atoms with Crippen LogP contribution < -0.4 is 10.1 Å². The Morgan fingerprint density at radius 1 is 1.44 bits per heavy atom. The van der Waals surface area contributed by atoms with Gasteiger partial charge in [-0.2, -0.15) is 0 Å². The number of ether oxygens (including phenoxy) is 1. The highest BCUT2D eigenvalue weighted by Crippen LogP contribution is 2.13. The molecule has 16 heavy (non-hydrogen) atoms. The normalized spacial score (nSPS) is 11.9. The van der Waals surface area contributed by atoms with Gasteiger partial charge in [-0.15, -0.1) is 0 Å². The summed E-state index contributed by atoms with van der Waals surface area (Å²) in [5.74, 6) is 0.646. The third kappa shape index (κ3) is 4.83. The lowest BCUT2D eigenvalue weighted by atomic mass is 10.2. The molecule has 0 saturated carbocycles. The molecule has 0 aliphatic rings. The average molecular weight is 333 g/mol. The second kappa shape index (κ2) is 6.73. The Bertz CT molecular complexity index is 337. The van der Waals surface area contributed by atoms with Crippen molar-refractivity contribution in [3.05, 3.63) is 27.8 Å². The standard InChI is InChI=1S/C12H16INO2/c1-3-9(2)14-12(15)8-16-11-6-4-10(13)5-7-11/h4-7,9H,3,8H2,1-2H3,(H,14,15)/t9-/m1/s1. The fourth-order valence-electron chi connectivity index (χ4n) is 1.10. The lowest BCUT2D eigenvalue weighted by Gasteiger charge is -2.11. The minimum Gasteiger partial charge on any atom is -0.484 e. The van der Waals surface area contributed by atoms with Crippen LogP contribution in [0.15, 0.2) is 24.3 Å². The van der Waals surface area contributed by atoms with Gasteiger partial charge in [0.05, 0.1) is 0 Å². The molecule has 0 saturated heterocycles. The summed E-state index contributed by atoms with van der Waals surface area (Å²) in [6, 6.07) is 7.81. The molecule has 4 heteroatoms. The Balaban J connectivity index is 2.34. The highest BCUT2D eigenvalue weighted by atomic mass is 127. The van der Waals surface area contributed by atoms with Crippen molar-refractivity contribution >= 4 is 28.5 Å². The zero-order chi connectivity index (χ0) is 12.0. The molecule has 1 N–H and O–H groups in total. The number of carbonyl (C=O) groups is 1. The van der Waals surface area contributed by atoms with Crippen LogP contribution in [0, 0.1) is 3.57 Å². The topological polar surface area (TPSA) is 38.3 Å². The Labute approximate surface area is 110 Å². The highest BCUT2D eigenvalue weighted by Gasteiger charge is 2.05. The zero-order valence-corrected chi connectivity index (χ0v) is 11.7. The number of hydrogen-bond acceptors (Lipinski definition) is 2. The van der Waals surface area contributed by atoms with E-state index >= 15 is 0 Å². The monoisotopic (exact) mass is 333 g/mol. The SMILES string of the molecule is CC[C@@H](C)NC(=O)COc1ccc(I)cc1. The van der Waals surface area contributed by atoms with Gasteiger partial charge in [0.1, 0.15) is 5.75 Å². The van der Waals surface area contributed by atoms with E-state index in [1.807, 2.05) is 38.1 Å². The van der Waals surface area contributed by atoms with Crippen molar-refractivity contribution in [2.24, 2.45) is 0 Å². The van der Waals surface area contributed by atoms with Gasteiger partial charge in [0.15, 0.2) is 6.61 Å². The summed E-state index contributed by atoms with van der Waals surface area (Å²) >= 11 is 2.22. The van der Waals surface area contributed by atoms with E-state index in [4.69, 9.17) is 4.74 Å². The van der Waals surface area contributed by atoms with Crippen LogP contribution in [0.1, 0.15) is 20.3 Å². The van der Waals surface area contributed by atoms with Crippen LogP contribution in [0.3, 0.4) is 0 Å². The molecule has 1 atom stereocenters. The van der Waals surface area contributed by atoms with Crippen molar-refractivity contribution in [2.45, 2.75) is 26.3 Å². The van der Waals surface area contributed by atoms with Crippen LogP contribution in [-0.2, 0) is 4.79 Å². The number of hydrogen-bond donors (Lipinski definition) is 1. The van der Waals surface area contributed by atoms with E-state index < -0.39 is 0 Å². The van der Waals surface area contributed by atoms with Crippen LogP contribution in [0.25, 0.3) is 0 Å². The summed E-state index contributed by atoms with van der Waals surface area (Å²) in [6.07, 6.45) is 0.926. The second-order valence-corrected chi connectivity index (χ2v) is 4.87. The first-order valence-electron chi connectivity index (χ1n) is 5.29. The van der Waals surface area contributed by atoms with Gasteiger partial charge in [0.25, 0.3) is 5.91 Å². The van der Waals surface area contributed by atoms with E-state index in [-0.39, 0.29) is 18.6 Å². The van der Waals surface area contributed by atoms with Crippen LogP contribution in [0.4, 0.5) is 0 Å². The van der Waals surface area contributed by atoms with Gasteiger partial charge in [-0.1, -0.05) is 6.92 Å². The van der Waals surface area contributed by atoms with E-state index in [1.54, 1.807) is 0 Å². The third-order valence-corrected chi connectivity index (χ3v) is 2.92. The van der Waals surface area contributed by atoms with E-state index in [9.17, 15) is 4.79 Å². The Kier molecular flexibility index (Phi) is 5.59. The molecule has 0 radical (unpaired) electrons. The summed E-state index contributed by atoms with van der Waals surface area (Å²) in [5, 5.41) is 2.85. The number of benzene rings is 1. The molecule has 0 spiro atoms. The van der Waals surface area contributed by atoms with Gasteiger partial charge in [-0.3, -0.25) is 4.79 Å². The first-order chi connectivity index (χ1) is 7.61. The molecule has 1 amide bonds. The summed E-state index contributed by atoms with van der Waals surface area (Å²) in [5.41, 5.74) is 0. The molecule has 0 fully saturated rings. The van der Waals surface area contributed by atoms with Crippen molar-refractivity contribution in [1.29, 1.82) is 0 Å². The van der Waals surface area contributed by atoms with Gasteiger partial charge >= 0.3 is 0 Å². The molecule has 0 aliphatic carbocycles. The molecule has 0 bridgehead atoms. The number of halogens is 1. The summed E-state index contributed by atoms with van der Waals surface area (Å²) < 4.78 is 6.50. The van der Waals surface area contributed by atoms with Crippen LogP contribution in [-0.4, -0.2) is 18.6 Å². The van der Waals surface area contributed by atoms with Crippen molar-refractivity contribution in [3.8, 4) is 5.75 Å². The Morgan fingerprint density at radius 3 is 2.62 bits per heavy atom. The van der Waals surface area contributed by atoms with E-state index in [0.29, 0.717) is 0 Å². The molecule has 1 aromatic rings. The molecule has 0 aliphatic heterocycles. The molecule has 0 unspecified atom stereocenters. The smallest absolute Gasteiger partial charge is 0.258 e. The fraction of sp³-hybridized carbons (Fsp3) is 0.417. The van der Waals surface area contributed by atoms with E-state index in [2.05, 4.69) is 27.9 Å². The largest absolute Gasteiger partial charge is 0.484 e. The molecule has 0 aromatic heterocycles. The minimum absolute atomic E-state index is 0.0743. The predicted octanol–water partition coefficient (Wildman–Crippen LogP) is 2.58. The van der Waals surface area contributed by atoms with Crippen LogP contribution >= 0.6 is 22.6 Å². The van der Waals surface area contributed by atoms with E-state index in [1.165, 1.54) is 0 Å². The lowest BCUT2D eigenvalue weighted by molar-refractivity contribution is -0.123. The van der Waals surface area contributed by atoms with Gasteiger partial charge in [-0.05, 0) is 60.2 Å². The molecule has 1 aromatic carbocycles. The number of rotatable bonds is 5. The maximum absolute atomic E-state index is 11.4. The van der Waals surface area contributed by atoms with Crippen LogP contribution in [0.5, 0.6) is 5.75 Å². The Morgan fingerprint density at radius 2 is 2.06 bits per heavy atom. The van der Waals surface area contributed by atoms with Gasteiger partial charge in [0, 0.05) is 9.61 Å². The molecule has 0 heterocycles. The van der Waals surface area contributed by atoms with Crippen molar-refractivity contribution < 1.29 is 9.53 Å². The third-order valence-electron chi connectivity index (χ3n) is 2.20. The van der Waals surface area contributed by atoms with Crippen molar-refractivity contribution in [3.63, 3.8) is 0 Å². The number of carbonyl (C=O) groups excluding carboxylic acids is 1. The molecule has 1 rings (SSSR count). The van der Waals surface area contributed by atoms with Gasteiger partial charge in [0.2, 0.25) is 0 Å². The summed E-state index contributed by atoms with van der Waals surface area (Å²) in [4.78, 5) is 11.4. The maximum Gasteiger partial charge on any atom is 0.258 e. The van der Waals surface area contributed by atoms with Gasteiger partial charge < -0.3 is 10.1 Å². The highest BCUT2D eigenvalue weighted by molar-refractivity contribution is 14.1. The summed E-state index contributed by atoms with van der Waals surface area (Å²) in [7, 11) is 0. The second-order valence-electron chi connectivity index (χ2n) is 3.62. The zero-order valence-electron chi connectivity index (χ0n) is 9.50. The quantitative estimate of drug-likeness (QED) is 0.841. The minimum atomic E-state index is -0.0760. The first kappa shape index (κ1) is 13.3. The average Bonchev–Trinajstić information content (AvgIpc) is 2.28. The van der Waals surface area contributed by atoms with Crippen molar-refractivity contribution in [2.75, 3.05) is 6.61 Å².